The molecule has 0 radical (unpaired) electrons. The van der Waals surface area contributed by atoms with E-state index in [0.29, 0.717) is 24.6 Å². The fourth-order valence-electron chi connectivity index (χ4n) is 2.30. The van der Waals surface area contributed by atoms with Gasteiger partial charge in [-0.15, -0.1) is 0 Å². The third-order valence-electron chi connectivity index (χ3n) is 3.55. The van der Waals surface area contributed by atoms with E-state index in [1.807, 2.05) is 56.3 Å². The van der Waals surface area contributed by atoms with Gasteiger partial charge in [0.05, 0.1) is 18.8 Å². The zero-order valence-corrected chi connectivity index (χ0v) is 14.4. The highest BCUT2D eigenvalue weighted by molar-refractivity contribution is 5.93. The third-order valence-corrected chi connectivity index (χ3v) is 3.55. The molecule has 0 atom stereocenters. The van der Waals surface area contributed by atoms with Crippen LogP contribution < -0.4 is 15.4 Å². The Morgan fingerprint density at radius 1 is 1.04 bits per heavy atom. The Bertz CT molecular complexity index is 666. The number of para-hydroxylation sites is 3. The Hall–Kier alpha value is -2.37. The molecule has 0 spiro atoms. The molecule has 128 valence electrons. The van der Waals surface area contributed by atoms with Crippen LogP contribution in [0.5, 0.6) is 11.5 Å². The lowest BCUT2D eigenvalue weighted by atomic mass is 10.1. The highest BCUT2D eigenvalue weighted by Crippen LogP contribution is 2.33. The minimum Gasteiger partial charge on any atom is -0.455 e. The Morgan fingerprint density at radius 3 is 2.46 bits per heavy atom. The van der Waals surface area contributed by atoms with Gasteiger partial charge >= 0.3 is 0 Å². The largest absolute Gasteiger partial charge is 0.455 e. The Kier molecular flexibility index (Phi) is 6.78. The number of nitrogens with one attached hydrogen (secondary N) is 2. The standard InChI is InChI=1S/C19H24N2O3/c1-14-7-6-8-15(2)19(14)24-17-10-5-4-9-16(17)21-18(22)13-20-11-12-23-3/h4-10,20H,11-13H2,1-3H3,(H,21,22). The second kappa shape index (κ2) is 9.05. The number of aryl methyl sites for hydroxylation is 2. The molecule has 2 aromatic carbocycles. The summed E-state index contributed by atoms with van der Waals surface area (Å²) in [5.41, 5.74) is 2.76. The van der Waals surface area contributed by atoms with Crippen molar-refractivity contribution < 1.29 is 14.3 Å². The molecule has 1 amide bonds. The summed E-state index contributed by atoms with van der Waals surface area (Å²) >= 11 is 0. The van der Waals surface area contributed by atoms with Gasteiger partial charge in [0.2, 0.25) is 5.91 Å². The first-order chi connectivity index (χ1) is 11.6. The van der Waals surface area contributed by atoms with E-state index in [-0.39, 0.29) is 12.5 Å². The lowest BCUT2D eigenvalue weighted by Gasteiger charge is -2.15. The van der Waals surface area contributed by atoms with Crippen molar-refractivity contribution in [3.05, 3.63) is 53.6 Å². The minimum absolute atomic E-state index is 0.122. The van der Waals surface area contributed by atoms with Crippen molar-refractivity contribution in [2.45, 2.75) is 13.8 Å². The number of carbonyl (C=O) groups excluding carboxylic acids is 1. The van der Waals surface area contributed by atoms with Crippen LogP contribution in [0.4, 0.5) is 5.69 Å². The molecular formula is C19H24N2O3. The summed E-state index contributed by atoms with van der Waals surface area (Å²) in [6.07, 6.45) is 0. The number of hydrogen-bond donors (Lipinski definition) is 2. The van der Waals surface area contributed by atoms with E-state index >= 15 is 0 Å². The zero-order valence-electron chi connectivity index (χ0n) is 14.4. The quantitative estimate of drug-likeness (QED) is 0.730. The van der Waals surface area contributed by atoms with E-state index in [0.717, 1.165) is 16.9 Å². The van der Waals surface area contributed by atoms with Gasteiger partial charge < -0.3 is 20.1 Å². The molecule has 2 rings (SSSR count). The molecule has 0 aliphatic carbocycles. The van der Waals surface area contributed by atoms with Gasteiger partial charge in [0.1, 0.15) is 5.75 Å². The van der Waals surface area contributed by atoms with Crippen LogP contribution in [0.15, 0.2) is 42.5 Å². The monoisotopic (exact) mass is 328 g/mol. The summed E-state index contributed by atoms with van der Waals surface area (Å²) in [6, 6.07) is 13.4. The van der Waals surface area contributed by atoms with Crippen LogP contribution in [0.2, 0.25) is 0 Å². The molecule has 0 fully saturated rings. The average molecular weight is 328 g/mol. The van der Waals surface area contributed by atoms with Gasteiger partial charge in [0.15, 0.2) is 5.75 Å². The number of ether oxygens (including phenoxy) is 2. The third kappa shape index (κ3) is 5.08. The number of benzene rings is 2. The molecule has 5 heteroatoms. The van der Waals surface area contributed by atoms with Gasteiger partial charge in [0, 0.05) is 13.7 Å². The molecule has 0 unspecified atom stereocenters. The summed E-state index contributed by atoms with van der Waals surface area (Å²) in [4.78, 5) is 12.0. The van der Waals surface area contributed by atoms with Crippen molar-refractivity contribution in [1.29, 1.82) is 0 Å². The first-order valence-corrected chi connectivity index (χ1v) is 7.94. The number of rotatable bonds is 8. The molecule has 0 aromatic heterocycles. The molecule has 5 nitrogen and oxygen atoms in total. The second-order valence-electron chi connectivity index (χ2n) is 5.54. The maximum absolute atomic E-state index is 12.0. The molecule has 0 aliphatic rings. The lowest BCUT2D eigenvalue weighted by molar-refractivity contribution is -0.115. The lowest BCUT2D eigenvalue weighted by Crippen LogP contribution is -2.30. The van der Waals surface area contributed by atoms with E-state index < -0.39 is 0 Å². The summed E-state index contributed by atoms with van der Waals surface area (Å²) in [5.74, 6) is 1.32. The molecule has 0 aliphatic heterocycles. The summed E-state index contributed by atoms with van der Waals surface area (Å²) < 4.78 is 11.0. The van der Waals surface area contributed by atoms with Gasteiger partial charge in [-0.05, 0) is 37.1 Å². The Morgan fingerprint density at radius 2 is 1.75 bits per heavy atom. The van der Waals surface area contributed by atoms with Crippen LogP contribution >= 0.6 is 0 Å². The van der Waals surface area contributed by atoms with Gasteiger partial charge in [-0.2, -0.15) is 0 Å². The second-order valence-corrected chi connectivity index (χ2v) is 5.54. The van der Waals surface area contributed by atoms with Crippen LogP contribution in [0.3, 0.4) is 0 Å². The van der Waals surface area contributed by atoms with Crippen molar-refractivity contribution in [2.75, 3.05) is 32.1 Å². The van der Waals surface area contributed by atoms with E-state index in [1.54, 1.807) is 7.11 Å². The van der Waals surface area contributed by atoms with Crippen LogP contribution in [0, 0.1) is 13.8 Å². The van der Waals surface area contributed by atoms with Crippen molar-refractivity contribution in [2.24, 2.45) is 0 Å². The molecule has 2 aromatic rings. The smallest absolute Gasteiger partial charge is 0.238 e. The number of anilines is 1. The van der Waals surface area contributed by atoms with Gasteiger partial charge in [0.25, 0.3) is 0 Å². The van der Waals surface area contributed by atoms with Crippen molar-refractivity contribution in [3.63, 3.8) is 0 Å². The van der Waals surface area contributed by atoms with E-state index in [1.165, 1.54) is 0 Å². The van der Waals surface area contributed by atoms with Gasteiger partial charge in [-0.25, -0.2) is 0 Å². The summed E-state index contributed by atoms with van der Waals surface area (Å²) in [5, 5.41) is 5.90. The van der Waals surface area contributed by atoms with Crippen LogP contribution in [0.1, 0.15) is 11.1 Å². The predicted molar refractivity (Wildman–Crippen MR) is 95.8 cm³/mol. The van der Waals surface area contributed by atoms with E-state index in [2.05, 4.69) is 10.6 Å². The number of hydrogen-bond acceptors (Lipinski definition) is 4. The maximum atomic E-state index is 12.0. The number of methoxy groups -OCH3 is 1. The molecule has 0 saturated carbocycles. The molecule has 0 bridgehead atoms. The van der Waals surface area contributed by atoms with Crippen LogP contribution in [0.25, 0.3) is 0 Å². The van der Waals surface area contributed by atoms with Crippen molar-refractivity contribution in [1.82, 2.24) is 5.32 Å². The average Bonchev–Trinajstić information content (AvgIpc) is 2.56. The fraction of sp³-hybridized carbons (Fsp3) is 0.316. The van der Waals surface area contributed by atoms with Gasteiger partial charge in [-0.1, -0.05) is 30.3 Å². The Balaban J connectivity index is 2.06. The van der Waals surface area contributed by atoms with Crippen molar-refractivity contribution in [3.8, 4) is 11.5 Å². The SMILES string of the molecule is COCCNCC(=O)Nc1ccccc1Oc1c(C)cccc1C. The number of amides is 1. The predicted octanol–water partition coefficient (Wildman–Crippen LogP) is 3.27. The number of carbonyl (C=O) groups is 1. The molecule has 2 N–H and O–H groups in total. The van der Waals surface area contributed by atoms with Gasteiger partial charge in [-0.3, -0.25) is 4.79 Å². The fourth-order valence-corrected chi connectivity index (χ4v) is 2.30. The normalized spacial score (nSPS) is 10.5. The van der Waals surface area contributed by atoms with Crippen LogP contribution in [-0.4, -0.2) is 32.7 Å². The van der Waals surface area contributed by atoms with E-state index in [4.69, 9.17) is 9.47 Å². The molecule has 0 saturated heterocycles. The first kappa shape index (κ1) is 18.0. The highest BCUT2D eigenvalue weighted by atomic mass is 16.5. The summed E-state index contributed by atoms with van der Waals surface area (Å²) in [6.45, 7) is 5.43. The van der Waals surface area contributed by atoms with Crippen LogP contribution in [-0.2, 0) is 9.53 Å². The zero-order chi connectivity index (χ0) is 17.4. The Labute approximate surface area is 143 Å². The maximum Gasteiger partial charge on any atom is 0.238 e. The highest BCUT2D eigenvalue weighted by Gasteiger charge is 2.10. The molecule has 0 heterocycles. The topological polar surface area (TPSA) is 59.6 Å². The molecular weight excluding hydrogens is 304 g/mol. The first-order valence-electron chi connectivity index (χ1n) is 7.94. The molecule has 24 heavy (non-hydrogen) atoms. The minimum atomic E-state index is -0.122. The summed E-state index contributed by atoms with van der Waals surface area (Å²) in [7, 11) is 1.63. The van der Waals surface area contributed by atoms with Crippen molar-refractivity contribution >= 4 is 11.6 Å². The van der Waals surface area contributed by atoms with E-state index in [9.17, 15) is 4.79 Å².